The van der Waals surface area contributed by atoms with E-state index in [-0.39, 0.29) is 5.76 Å². The molecule has 5 nitrogen and oxygen atoms in total. The highest BCUT2D eigenvalue weighted by Gasteiger charge is 2.14. The lowest BCUT2D eigenvalue weighted by atomic mass is 10.3. The molecular formula is C11H10N2O3S. The molecule has 0 saturated heterocycles. The molecule has 0 aliphatic heterocycles. The number of carboxylic acids is 1. The van der Waals surface area contributed by atoms with Crippen molar-refractivity contribution in [3.05, 3.63) is 41.7 Å². The molecule has 0 aliphatic rings. The molecule has 0 aromatic carbocycles. The van der Waals surface area contributed by atoms with Gasteiger partial charge in [-0.3, -0.25) is 0 Å². The van der Waals surface area contributed by atoms with Crippen LogP contribution in [-0.2, 0) is 5.75 Å². The minimum absolute atomic E-state index is 0.00304. The lowest BCUT2D eigenvalue weighted by Gasteiger charge is -1.96. The number of carbonyl (C=O) groups is 1. The first-order chi connectivity index (χ1) is 8.16. The molecule has 0 bridgehead atoms. The molecule has 2 heterocycles. The van der Waals surface area contributed by atoms with Crippen LogP contribution >= 0.6 is 11.8 Å². The normalized spacial score (nSPS) is 10.4. The summed E-state index contributed by atoms with van der Waals surface area (Å²) in [5.74, 6) is 0.137. The maximum absolute atomic E-state index is 10.8. The molecule has 88 valence electrons. The van der Waals surface area contributed by atoms with Gasteiger partial charge in [-0.15, -0.1) is 0 Å². The van der Waals surface area contributed by atoms with Gasteiger partial charge in [0.25, 0.3) is 0 Å². The van der Waals surface area contributed by atoms with Gasteiger partial charge in [0.1, 0.15) is 12.1 Å². The number of aromatic nitrogens is 2. The predicted octanol–water partition coefficient (Wildman–Crippen LogP) is 2.37. The number of hydrogen-bond acceptors (Lipinski definition) is 5. The van der Waals surface area contributed by atoms with E-state index < -0.39 is 5.97 Å². The van der Waals surface area contributed by atoms with Gasteiger partial charge in [-0.1, -0.05) is 11.8 Å². The summed E-state index contributed by atoms with van der Waals surface area (Å²) in [7, 11) is 0. The lowest BCUT2D eigenvalue weighted by Crippen LogP contribution is -1.94. The maximum atomic E-state index is 10.8. The molecule has 0 saturated carbocycles. The Labute approximate surface area is 102 Å². The number of rotatable bonds is 4. The number of carboxylic acid groups (broad SMARTS) is 1. The second kappa shape index (κ2) is 5.01. The van der Waals surface area contributed by atoms with Gasteiger partial charge < -0.3 is 9.52 Å². The third-order valence-electron chi connectivity index (χ3n) is 2.08. The topological polar surface area (TPSA) is 76.2 Å². The summed E-state index contributed by atoms with van der Waals surface area (Å²) in [4.78, 5) is 18.7. The van der Waals surface area contributed by atoms with E-state index >= 15 is 0 Å². The fourth-order valence-corrected chi connectivity index (χ4v) is 2.05. The fourth-order valence-electron chi connectivity index (χ4n) is 1.34. The van der Waals surface area contributed by atoms with Gasteiger partial charge in [0, 0.05) is 11.8 Å². The quantitative estimate of drug-likeness (QED) is 0.663. The second-order valence-corrected chi connectivity index (χ2v) is 4.36. The molecule has 0 fully saturated rings. The zero-order valence-corrected chi connectivity index (χ0v) is 9.90. The van der Waals surface area contributed by atoms with Crippen molar-refractivity contribution < 1.29 is 14.3 Å². The van der Waals surface area contributed by atoms with Crippen LogP contribution in [0, 0.1) is 6.92 Å². The van der Waals surface area contributed by atoms with Crippen molar-refractivity contribution in [1.82, 2.24) is 9.97 Å². The SMILES string of the molecule is Cc1cc(CSc2ccncn2)oc1C(=O)O. The smallest absolute Gasteiger partial charge is 0.372 e. The Bertz CT molecular complexity index is 525. The van der Waals surface area contributed by atoms with Crippen LogP contribution in [0.1, 0.15) is 21.9 Å². The van der Waals surface area contributed by atoms with Crippen LogP contribution in [0.15, 0.2) is 34.1 Å². The summed E-state index contributed by atoms with van der Waals surface area (Å²) in [6, 6.07) is 3.52. The summed E-state index contributed by atoms with van der Waals surface area (Å²) >= 11 is 1.47. The van der Waals surface area contributed by atoms with Gasteiger partial charge in [0.05, 0.1) is 10.8 Å². The largest absolute Gasteiger partial charge is 0.475 e. The number of hydrogen-bond donors (Lipinski definition) is 1. The average Bonchev–Trinajstić information content (AvgIpc) is 2.69. The van der Waals surface area contributed by atoms with Crippen LogP contribution < -0.4 is 0 Å². The minimum atomic E-state index is -1.04. The third-order valence-corrected chi connectivity index (χ3v) is 3.05. The number of thioether (sulfide) groups is 1. The van der Waals surface area contributed by atoms with Gasteiger partial charge >= 0.3 is 5.97 Å². The first kappa shape index (κ1) is 11.7. The van der Waals surface area contributed by atoms with Crippen molar-refractivity contribution in [2.24, 2.45) is 0 Å². The molecular weight excluding hydrogens is 240 g/mol. The van der Waals surface area contributed by atoms with E-state index in [4.69, 9.17) is 9.52 Å². The van der Waals surface area contributed by atoms with Crippen molar-refractivity contribution >= 4 is 17.7 Å². The summed E-state index contributed by atoms with van der Waals surface area (Å²) < 4.78 is 5.23. The van der Waals surface area contributed by atoms with Crippen molar-refractivity contribution in [3.8, 4) is 0 Å². The first-order valence-corrected chi connectivity index (χ1v) is 5.87. The Kier molecular flexibility index (Phi) is 3.43. The monoisotopic (exact) mass is 250 g/mol. The van der Waals surface area contributed by atoms with Gasteiger partial charge in [0.2, 0.25) is 5.76 Å². The van der Waals surface area contributed by atoms with E-state index in [0.717, 1.165) is 5.03 Å². The van der Waals surface area contributed by atoms with Crippen molar-refractivity contribution in [1.29, 1.82) is 0 Å². The van der Waals surface area contributed by atoms with Gasteiger partial charge in [-0.2, -0.15) is 0 Å². The van der Waals surface area contributed by atoms with Crippen LogP contribution in [0.3, 0.4) is 0 Å². The van der Waals surface area contributed by atoms with Gasteiger partial charge in [0.15, 0.2) is 0 Å². The van der Waals surface area contributed by atoms with Crippen LogP contribution in [0.2, 0.25) is 0 Å². The van der Waals surface area contributed by atoms with Crippen LogP contribution in [0.5, 0.6) is 0 Å². The molecule has 0 amide bonds. The molecule has 2 aromatic rings. The van der Waals surface area contributed by atoms with E-state index in [1.807, 2.05) is 0 Å². The highest BCUT2D eigenvalue weighted by atomic mass is 32.2. The molecule has 2 aromatic heterocycles. The van der Waals surface area contributed by atoms with E-state index in [1.165, 1.54) is 18.1 Å². The van der Waals surface area contributed by atoms with Crippen LogP contribution in [0.25, 0.3) is 0 Å². The van der Waals surface area contributed by atoms with Crippen molar-refractivity contribution in [3.63, 3.8) is 0 Å². The molecule has 17 heavy (non-hydrogen) atoms. The molecule has 0 aliphatic carbocycles. The number of aryl methyl sites for hydroxylation is 1. The van der Waals surface area contributed by atoms with Crippen LogP contribution in [-0.4, -0.2) is 21.0 Å². The Morgan fingerprint density at radius 3 is 3.00 bits per heavy atom. The molecule has 0 radical (unpaired) electrons. The highest BCUT2D eigenvalue weighted by Crippen LogP contribution is 2.23. The lowest BCUT2D eigenvalue weighted by molar-refractivity contribution is 0.0659. The summed E-state index contributed by atoms with van der Waals surface area (Å²) in [6.45, 7) is 1.71. The Morgan fingerprint density at radius 1 is 1.59 bits per heavy atom. The zero-order valence-electron chi connectivity index (χ0n) is 9.08. The van der Waals surface area contributed by atoms with E-state index in [2.05, 4.69) is 9.97 Å². The Balaban J connectivity index is 2.05. The van der Waals surface area contributed by atoms with Crippen LogP contribution in [0.4, 0.5) is 0 Å². The zero-order chi connectivity index (χ0) is 12.3. The average molecular weight is 250 g/mol. The van der Waals surface area contributed by atoms with E-state index in [9.17, 15) is 4.79 Å². The minimum Gasteiger partial charge on any atom is -0.475 e. The Morgan fingerprint density at radius 2 is 2.41 bits per heavy atom. The molecule has 2 rings (SSSR count). The molecule has 0 unspecified atom stereocenters. The standard InChI is InChI=1S/C11H10N2O3S/c1-7-4-8(16-10(7)11(14)15)5-17-9-2-3-12-6-13-9/h2-4,6H,5H2,1H3,(H,14,15). The number of furan rings is 1. The maximum Gasteiger partial charge on any atom is 0.372 e. The number of aromatic carboxylic acids is 1. The molecule has 0 spiro atoms. The number of nitrogens with zero attached hydrogens (tertiary/aromatic N) is 2. The third kappa shape index (κ3) is 2.85. The summed E-state index contributed by atoms with van der Waals surface area (Å²) in [5, 5.41) is 9.67. The summed E-state index contributed by atoms with van der Waals surface area (Å²) in [5.41, 5.74) is 0.635. The van der Waals surface area contributed by atoms with Crippen molar-refractivity contribution in [2.45, 2.75) is 17.7 Å². The predicted molar refractivity (Wildman–Crippen MR) is 62.0 cm³/mol. The molecule has 0 atom stereocenters. The molecule has 1 N–H and O–H groups in total. The van der Waals surface area contributed by atoms with Gasteiger partial charge in [-0.05, 0) is 19.1 Å². The Hall–Kier alpha value is -1.82. The van der Waals surface area contributed by atoms with Crippen molar-refractivity contribution in [2.75, 3.05) is 0 Å². The van der Waals surface area contributed by atoms with Gasteiger partial charge in [-0.25, -0.2) is 14.8 Å². The summed E-state index contributed by atoms with van der Waals surface area (Å²) in [6.07, 6.45) is 3.13. The fraction of sp³-hybridized carbons (Fsp3) is 0.182. The van der Waals surface area contributed by atoms with E-state index in [0.29, 0.717) is 17.1 Å². The second-order valence-electron chi connectivity index (χ2n) is 3.37. The highest BCUT2D eigenvalue weighted by molar-refractivity contribution is 7.98. The van der Waals surface area contributed by atoms with E-state index in [1.54, 1.807) is 25.3 Å². The first-order valence-electron chi connectivity index (χ1n) is 4.88. The molecule has 6 heteroatoms.